The van der Waals surface area contributed by atoms with Crippen LogP contribution >= 0.6 is 0 Å². The van der Waals surface area contributed by atoms with E-state index in [9.17, 15) is 0 Å². The van der Waals surface area contributed by atoms with E-state index in [1.165, 1.54) is 22.3 Å². The van der Waals surface area contributed by atoms with Gasteiger partial charge in [0.1, 0.15) is 0 Å². The van der Waals surface area contributed by atoms with Crippen LogP contribution in [0.1, 0.15) is 30.7 Å². The molecule has 0 saturated carbocycles. The van der Waals surface area contributed by atoms with E-state index in [0.29, 0.717) is 8.45 Å². The van der Waals surface area contributed by atoms with Gasteiger partial charge in [0.15, 0.2) is 0 Å². The Morgan fingerprint density at radius 2 is 1.14 bits per heavy atom. The third kappa shape index (κ3) is 1.91. The van der Waals surface area contributed by atoms with E-state index in [1.807, 2.05) is 0 Å². The van der Waals surface area contributed by atoms with Crippen LogP contribution in [0.15, 0.2) is 60.7 Å². The van der Waals surface area contributed by atoms with Gasteiger partial charge in [0.25, 0.3) is 0 Å². The van der Waals surface area contributed by atoms with Gasteiger partial charge in [-0.15, -0.1) is 0 Å². The first kappa shape index (κ1) is 14.1. The quantitative estimate of drug-likeness (QED) is 0.618. The Morgan fingerprint density at radius 1 is 0.727 bits per heavy atom. The molecule has 0 N–H and O–H groups in total. The normalized spacial score (nSPS) is 22.7. The fourth-order valence-electron chi connectivity index (χ4n) is 4.35. The topological polar surface area (TPSA) is 0 Å². The zero-order valence-corrected chi connectivity index (χ0v) is 14.9. The molecule has 4 rings (SSSR count). The zero-order valence-electron chi connectivity index (χ0n) is 13.3. The predicted molar refractivity (Wildman–Crippen MR) is 95.3 cm³/mol. The molecule has 2 aromatic rings. The van der Waals surface area contributed by atoms with Gasteiger partial charge in [-0.1, -0.05) is 0 Å². The molecule has 0 amide bonds. The molecule has 22 heavy (non-hydrogen) atoms. The number of hydrogen-bond donors (Lipinski definition) is 0. The maximum absolute atomic E-state index is 4.95. The van der Waals surface area contributed by atoms with Gasteiger partial charge in [0, 0.05) is 0 Å². The van der Waals surface area contributed by atoms with Crippen LogP contribution in [0, 0.1) is 0 Å². The number of hydrogen-bond acceptors (Lipinski definition) is 0. The molecule has 0 aromatic heterocycles. The monoisotopic (exact) mass is 322 g/mol. The Labute approximate surface area is 133 Å². The Hall–Kier alpha value is -1.50. The van der Waals surface area contributed by atoms with Crippen molar-refractivity contribution < 1.29 is 14.8 Å². The second-order valence-corrected chi connectivity index (χ2v) is 19.0. The molecule has 0 heterocycles. The second kappa shape index (κ2) is 4.50. The van der Waals surface area contributed by atoms with Crippen molar-refractivity contribution in [3.63, 3.8) is 0 Å². The Balaban J connectivity index is 1.86. The van der Waals surface area contributed by atoms with Crippen LogP contribution in [-0.4, -0.2) is 4.82 Å². The third-order valence-electron chi connectivity index (χ3n) is 5.64. The molecule has 0 saturated heterocycles. The first-order valence-corrected chi connectivity index (χ1v) is 14.1. The van der Waals surface area contributed by atoms with Crippen molar-refractivity contribution in [3.05, 3.63) is 82.9 Å². The van der Waals surface area contributed by atoms with Gasteiger partial charge in [-0.2, -0.15) is 0 Å². The van der Waals surface area contributed by atoms with Gasteiger partial charge in [-0.3, -0.25) is 0 Å². The van der Waals surface area contributed by atoms with Crippen molar-refractivity contribution >= 4 is 17.0 Å². The van der Waals surface area contributed by atoms with E-state index in [1.54, 1.807) is 0 Å². The van der Waals surface area contributed by atoms with Gasteiger partial charge < -0.3 is 0 Å². The molecule has 0 radical (unpaired) electrons. The minimum absolute atomic E-state index is 0.508. The molecule has 110 valence electrons. The van der Waals surface area contributed by atoms with Crippen LogP contribution in [0.2, 0.25) is 10.5 Å². The Morgan fingerprint density at radius 3 is 1.59 bits per heavy atom. The predicted octanol–water partition coefficient (Wildman–Crippen LogP) is 5.74. The van der Waals surface area contributed by atoms with Crippen molar-refractivity contribution in [1.29, 1.82) is 0 Å². The summed E-state index contributed by atoms with van der Waals surface area (Å²) < 4.78 is 1.02. The van der Waals surface area contributed by atoms with Crippen molar-refractivity contribution in [2.45, 2.75) is 18.9 Å². The van der Waals surface area contributed by atoms with Crippen LogP contribution in [-0.2, 0) is 14.8 Å². The van der Waals surface area contributed by atoms with E-state index in [0.717, 1.165) is 0 Å². The molecule has 0 bridgehead atoms. The molecule has 0 fully saturated rings. The second-order valence-electron chi connectivity index (χ2n) is 7.87. The molecule has 2 aliphatic rings. The summed E-state index contributed by atoms with van der Waals surface area (Å²) in [5.41, 5.74) is 5.73. The fourth-order valence-corrected chi connectivity index (χ4v) is 11.2. The van der Waals surface area contributed by atoms with Crippen molar-refractivity contribution in [2.75, 3.05) is 0 Å². The molecule has 0 aliphatic heterocycles. The average Bonchev–Trinajstić information content (AvgIpc) is 3.12. The van der Waals surface area contributed by atoms with Gasteiger partial charge >= 0.3 is 134 Å². The molecule has 2 atom stereocenters. The molecule has 0 nitrogen and oxygen atoms in total. The molecular formula is C21H22Ti. The van der Waals surface area contributed by atoms with E-state index in [-0.39, 0.29) is 0 Å². The molecule has 2 aliphatic carbocycles. The first-order valence-electron chi connectivity index (χ1n) is 8.07. The van der Waals surface area contributed by atoms with Crippen molar-refractivity contribution in [3.8, 4) is 0 Å². The molecular weight excluding hydrogens is 300 g/mol. The standard InChI is InChI=1S/2C9H7.2CH3.CH2.Ti/c2*1-2-5-9-7-3-6-8(9)4-1;;;;/h2*1-7H;2*1H3;1H2;. The van der Waals surface area contributed by atoms with Crippen LogP contribution in [0.3, 0.4) is 0 Å². The van der Waals surface area contributed by atoms with E-state index in [2.05, 4.69) is 83.3 Å². The van der Waals surface area contributed by atoms with Gasteiger partial charge in [-0.05, 0) is 0 Å². The first-order chi connectivity index (χ1) is 10.5. The van der Waals surface area contributed by atoms with Gasteiger partial charge in [0.05, 0.1) is 0 Å². The minimum atomic E-state index is -3.06. The fraction of sp³-hybridized carbons (Fsp3) is 0.190. The van der Waals surface area contributed by atoms with Crippen LogP contribution in [0.5, 0.6) is 0 Å². The van der Waals surface area contributed by atoms with E-state index >= 15 is 0 Å². The average molecular weight is 322 g/mol. The number of benzene rings is 2. The van der Waals surface area contributed by atoms with Crippen LogP contribution < -0.4 is 0 Å². The molecule has 1 heteroatoms. The Bertz CT molecular complexity index is 809. The number of fused-ring (bicyclic) bond motifs is 2. The number of allylic oxidation sites excluding steroid dienone is 2. The van der Waals surface area contributed by atoms with Crippen LogP contribution in [0.25, 0.3) is 12.2 Å². The SMILES string of the molecule is [CH2]=[Ti]([CH3])([CH3])([CH]1C=Cc2ccccc21)[CH]1C=Cc2ccccc21. The summed E-state index contributed by atoms with van der Waals surface area (Å²) in [6.45, 7) is 0. The molecule has 0 spiro atoms. The summed E-state index contributed by atoms with van der Waals surface area (Å²) in [4.78, 5) is 4.95. The number of rotatable bonds is 2. The van der Waals surface area contributed by atoms with Gasteiger partial charge in [0.2, 0.25) is 0 Å². The summed E-state index contributed by atoms with van der Waals surface area (Å²) in [7, 11) is 0. The Kier molecular flexibility index (Phi) is 2.89. The maximum atomic E-state index is 4.95. The summed E-state index contributed by atoms with van der Waals surface area (Å²) >= 11 is -3.06. The summed E-state index contributed by atoms with van der Waals surface area (Å²) in [6, 6.07) is 17.6. The summed E-state index contributed by atoms with van der Waals surface area (Å²) in [6.07, 6.45) is 9.43. The third-order valence-corrected chi connectivity index (χ3v) is 13.6. The summed E-state index contributed by atoms with van der Waals surface area (Å²) in [5, 5.41) is 5.01. The van der Waals surface area contributed by atoms with Crippen molar-refractivity contribution in [2.24, 2.45) is 0 Å². The van der Waals surface area contributed by atoms with Gasteiger partial charge in [-0.25, -0.2) is 0 Å². The molecule has 2 aromatic carbocycles. The van der Waals surface area contributed by atoms with E-state index < -0.39 is 14.8 Å². The van der Waals surface area contributed by atoms with E-state index in [4.69, 9.17) is 4.82 Å². The van der Waals surface area contributed by atoms with Crippen molar-refractivity contribution in [1.82, 2.24) is 0 Å². The van der Waals surface area contributed by atoms with Crippen LogP contribution in [0.4, 0.5) is 0 Å². The zero-order chi connectivity index (χ0) is 15.4. The molecule has 2 unspecified atom stereocenters. The summed E-state index contributed by atoms with van der Waals surface area (Å²) in [5.74, 6) is 0.